The third-order valence-corrected chi connectivity index (χ3v) is 2.53. The van der Waals surface area contributed by atoms with Crippen LogP contribution in [0.3, 0.4) is 0 Å². The van der Waals surface area contributed by atoms with Crippen molar-refractivity contribution in [2.75, 3.05) is 0 Å². The molecule has 3 nitrogen and oxygen atoms in total. The van der Waals surface area contributed by atoms with Crippen molar-refractivity contribution in [3.8, 4) is 17.2 Å². The van der Waals surface area contributed by atoms with Crippen LogP contribution >= 0.6 is 0 Å². The molecule has 0 amide bonds. The monoisotopic (exact) mass is 282 g/mol. The van der Waals surface area contributed by atoms with Crippen molar-refractivity contribution >= 4 is 6.29 Å². The zero-order valence-electron chi connectivity index (χ0n) is 10.0. The number of hydrogen-bond donors (Lipinski definition) is 1. The fraction of sp³-hybridized carbons (Fsp3) is 0.0714. The minimum absolute atomic E-state index is 0.0157. The van der Waals surface area contributed by atoms with E-state index in [0.717, 1.165) is 18.2 Å². The second-order valence-electron chi connectivity index (χ2n) is 3.97. The van der Waals surface area contributed by atoms with Crippen LogP contribution in [0, 0.1) is 0 Å². The van der Waals surface area contributed by atoms with E-state index >= 15 is 0 Å². The number of carbonyl (C=O) groups excluding carboxylic acids is 1. The highest BCUT2D eigenvalue weighted by molar-refractivity contribution is 5.79. The van der Waals surface area contributed by atoms with Gasteiger partial charge in [-0.3, -0.25) is 4.79 Å². The molecule has 2 rings (SSSR count). The molecule has 0 aromatic heterocycles. The Morgan fingerprint density at radius 3 is 2.35 bits per heavy atom. The van der Waals surface area contributed by atoms with Crippen LogP contribution < -0.4 is 4.74 Å². The smallest absolute Gasteiger partial charge is 0.416 e. The van der Waals surface area contributed by atoms with Crippen LogP contribution in [0.2, 0.25) is 0 Å². The molecule has 0 radical (unpaired) electrons. The number of aldehydes is 1. The topological polar surface area (TPSA) is 46.5 Å². The standard InChI is InChI=1S/C14H9F3O3/c15-14(16,17)10-2-1-3-11(6-10)20-12-5-4-9(8-18)13(19)7-12/h1-8,19H. The number of phenols is 1. The molecule has 0 bridgehead atoms. The van der Waals surface area contributed by atoms with Crippen LogP contribution in [0.1, 0.15) is 15.9 Å². The molecule has 20 heavy (non-hydrogen) atoms. The van der Waals surface area contributed by atoms with E-state index in [4.69, 9.17) is 4.74 Å². The summed E-state index contributed by atoms with van der Waals surface area (Å²) >= 11 is 0. The summed E-state index contributed by atoms with van der Waals surface area (Å²) in [4.78, 5) is 10.5. The lowest BCUT2D eigenvalue weighted by Gasteiger charge is -2.10. The van der Waals surface area contributed by atoms with Crippen molar-refractivity contribution in [1.82, 2.24) is 0 Å². The number of aromatic hydroxyl groups is 1. The second-order valence-corrected chi connectivity index (χ2v) is 3.97. The highest BCUT2D eigenvalue weighted by Gasteiger charge is 2.30. The number of rotatable bonds is 3. The molecule has 104 valence electrons. The summed E-state index contributed by atoms with van der Waals surface area (Å²) < 4.78 is 42.8. The highest BCUT2D eigenvalue weighted by Crippen LogP contribution is 2.33. The van der Waals surface area contributed by atoms with E-state index in [2.05, 4.69) is 0 Å². The third kappa shape index (κ3) is 3.09. The minimum atomic E-state index is -4.46. The first-order chi connectivity index (χ1) is 9.40. The molecule has 0 atom stereocenters. The van der Waals surface area contributed by atoms with E-state index in [1.807, 2.05) is 0 Å². The summed E-state index contributed by atoms with van der Waals surface area (Å²) in [5.74, 6) is -0.185. The van der Waals surface area contributed by atoms with Gasteiger partial charge in [-0.05, 0) is 30.3 Å². The summed E-state index contributed by atoms with van der Waals surface area (Å²) in [6.45, 7) is 0. The van der Waals surface area contributed by atoms with E-state index in [1.54, 1.807) is 0 Å². The lowest BCUT2D eigenvalue weighted by atomic mass is 10.2. The van der Waals surface area contributed by atoms with Crippen molar-refractivity contribution in [2.24, 2.45) is 0 Å². The predicted molar refractivity (Wildman–Crippen MR) is 65.0 cm³/mol. The maximum atomic E-state index is 12.5. The second kappa shape index (κ2) is 5.24. The molecular weight excluding hydrogens is 273 g/mol. The van der Waals surface area contributed by atoms with Crippen LogP contribution in [0.5, 0.6) is 17.2 Å². The quantitative estimate of drug-likeness (QED) is 0.865. The van der Waals surface area contributed by atoms with Gasteiger partial charge in [0.25, 0.3) is 0 Å². The number of ether oxygens (including phenoxy) is 1. The Bertz CT molecular complexity index is 636. The average molecular weight is 282 g/mol. The van der Waals surface area contributed by atoms with Gasteiger partial charge in [-0.1, -0.05) is 6.07 Å². The van der Waals surface area contributed by atoms with Gasteiger partial charge in [-0.2, -0.15) is 13.2 Å². The predicted octanol–water partition coefficient (Wildman–Crippen LogP) is 4.02. The molecular formula is C14H9F3O3. The molecule has 0 saturated heterocycles. The van der Waals surface area contributed by atoms with Crippen molar-refractivity contribution < 1.29 is 27.8 Å². The van der Waals surface area contributed by atoms with Crippen LogP contribution in [0.15, 0.2) is 42.5 Å². The van der Waals surface area contributed by atoms with Crippen molar-refractivity contribution in [1.29, 1.82) is 0 Å². The van der Waals surface area contributed by atoms with Crippen molar-refractivity contribution in [3.05, 3.63) is 53.6 Å². The van der Waals surface area contributed by atoms with E-state index in [-0.39, 0.29) is 22.8 Å². The Morgan fingerprint density at radius 2 is 1.75 bits per heavy atom. The molecule has 6 heteroatoms. The number of carbonyl (C=O) groups is 1. The first-order valence-electron chi connectivity index (χ1n) is 5.53. The third-order valence-electron chi connectivity index (χ3n) is 2.53. The Labute approximate surface area is 112 Å². The van der Waals surface area contributed by atoms with Gasteiger partial charge in [0.2, 0.25) is 0 Å². The lowest BCUT2D eigenvalue weighted by molar-refractivity contribution is -0.137. The molecule has 0 fully saturated rings. The maximum absolute atomic E-state index is 12.5. The molecule has 0 aliphatic carbocycles. The number of hydrogen-bond acceptors (Lipinski definition) is 3. The van der Waals surface area contributed by atoms with Gasteiger partial charge in [-0.15, -0.1) is 0 Å². The average Bonchev–Trinajstić information content (AvgIpc) is 2.38. The lowest BCUT2D eigenvalue weighted by Crippen LogP contribution is -2.04. The van der Waals surface area contributed by atoms with Gasteiger partial charge in [0.1, 0.15) is 17.2 Å². The fourth-order valence-electron chi connectivity index (χ4n) is 1.56. The Hall–Kier alpha value is -2.50. The van der Waals surface area contributed by atoms with Gasteiger partial charge in [0.05, 0.1) is 11.1 Å². The van der Waals surface area contributed by atoms with Gasteiger partial charge in [-0.25, -0.2) is 0 Å². The summed E-state index contributed by atoms with van der Waals surface area (Å²) in [6.07, 6.45) is -3.99. The normalized spacial score (nSPS) is 11.2. The van der Waals surface area contributed by atoms with E-state index < -0.39 is 11.7 Å². The number of phenolic OH excluding ortho intramolecular Hbond substituents is 1. The van der Waals surface area contributed by atoms with Crippen molar-refractivity contribution in [2.45, 2.75) is 6.18 Å². The molecule has 0 heterocycles. The Morgan fingerprint density at radius 1 is 1.05 bits per heavy atom. The number of benzene rings is 2. The van der Waals surface area contributed by atoms with E-state index in [9.17, 15) is 23.1 Å². The first-order valence-corrected chi connectivity index (χ1v) is 5.53. The fourth-order valence-corrected chi connectivity index (χ4v) is 1.56. The molecule has 0 saturated carbocycles. The van der Waals surface area contributed by atoms with Gasteiger partial charge in [0, 0.05) is 6.07 Å². The molecule has 1 N–H and O–H groups in total. The molecule has 0 aliphatic heterocycles. The summed E-state index contributed by atoms with van der Waals surface area (Å²) in [7, 11) is 0. The van der Waals surface area contributed by atoms with Crippen LogP contribution in [0.25, 0.3) is 0 Å². The summed E-state index contributed by atoms with van der Waals surface area (Å²) in [5, 5.41) is 9.46. The van der Waals surface area contributed by atoms with Crippen LogP contribution in [-0.2, 0) is 6.18 Å². The van der Waals surface area contributed by atoms with Gasteiger partial charge < -0.3 is 9.84 Å². The molecule has 0 spiro atoms. The highest BCUT2D eigenvalue weighted by atomic mass is 19.4. The largest absolute Gasteiger partial charge is 0.507 e. The molecule has 0 unspecified atom stereocenters. The maximum Gasteiger partial charge on any atom is 0.416 e. The Kier molecular flexibility index (Phi) is 3.65. The van der Waals surface area contributed by atoms with Gasteiger partial charge >= 0.3 is 6.18 Å². The van der Waals surface area contributed by atoms with Crippen LogP contribution in [-0.4, -0.2) is 11.4 Å². The molecule has 2 aromatic carbocycles. The van der Waals surface area contributed by atoms with E-state index in [0.29, 0.717) is 6.29 Å². The zero-order valence-corrected chi connectivity index (χ0v) is 10.0. The summed E-state index contributed by atoms with van der Waals surface area (Å²) in [6, 6.07) is 8.21. The minimum Gasteiger partial charge on any atom is -0.507 e. The van der Waals surface area contributed by atoms with Crippen molar-refractivity contribution in [3.63, 3.8) is 0 Å². The first kappa shape index (κ1) is 13.9. The Balaban J connectivity index is 2.26. The number of halogens is 3. The number of alkyl halides is 3. The zero-order chi connectivity index (χ0) is 14.8. The molecule has 0 aliphatic rings. The van der Waals surface area contributed by atoms with Gasteiger partial charge in [0.15, 0.2) is 6.29 Å². The summed E-state index contributed by atoms with van der Waals surface area (Å²) in [5.41, 5.74) is -0.759. The van der Waals surface area contributed by atoms with Crippen LogP contribution in [0.4, 0.5) is 13.2 Å². The molecule has 2 aromatic rings. The van der Waals surface area contributed by atoms with E-state index in [1.165, 1.54) is 24.3 Å². The SMILES string of the molecule is O=Cc1ccc(Oc2cccc(C(F)(F)F)c2)cc1O.